The third kappa shape index (κ3) is 3.21. The van der Waals surface area contributed by atoms with E-state index in [0.29, 0.717) is 17.4 Å². The molecule has 9 nitrogen and oxygen atoms in total. The predicted molar refractivity (Wildman–Crippen MR) is 92.9 cm³/mol. The minimum atomic E-state index is -0.468. The minimum Gasteiger partial charge on any atom is -0.277 e. The van der Waals surface area contributed by atoms with Gasteiger partial charge in [-0.1, -0.05) is 12.1 Å². The number of rotatable bonds is 4. The highest BCUT2D eigenvalue weighted by molar-refractivity contribution is 6.39. The highest BCUT2D eigenvalue weighted by Crippen LogP contribution is 2.11. The molecule has 1 aromatic heterocycles. The molecule has 0 spiro atoms. The molecular formula is C16H18N6O3. The van der Waals surface area contributed by atoms with Gasteiger partial charge in [-0.3, -0.25) is 29.8 Å². The smallest absolute Gasteiger partial charge is 0.277 e. The van der Waals surface area contributed by atoms with E-state index in [9.17, 15) is 14.4 Å². The molecule has 3 rings (SSSR count). The van der Waals surface area contributed by atoms with Crippen molar-refractivity contribution >= 4 is 34.4 Å². The number of hydrazine groups is 1. The van der Waals surface area contributed by atoms with E-state index in [1.54, 1.807) is 24.3 Å². The van der Waals surface area contributed by atoms with Gasteiger partial charge >= 0.3 is 0 Å². The van der Waals surface area contributed by atoms with E-state index < -0.39 is 5.91 Å². The van der Waals surface area contributed by atoms with Crippen LogP contribution in [-0.4, -0.2) is 39.1 Å². The Bertz CT molecular complexity index is 933. The average molecular weight is 342 g/mol. The lowest BCUT2D eigenvalue weighted by Crippen LogP contribution is -2.41. The molecule has 0 unspecified atom stereocenters. The number of anilines is 1. The molecule has 9 heteroatoms. The van der Waals surface area contributed by atoms with Gasteiger partial charge in [-0.2, -0.15) is 5.10 Å². The number of nitrogens with zero attached hydrogens (tertiary/aromatic N) is 4. The summed E-state index contributed by atoms with van der Waals surface area (Å²) < 4.78 is 1.43. The number of hydrogen-bond donors (Lipinski definition) is 2. The van der Waals surface area contributed by atoms with Crippen LogP contribution in [0.15, 0.2) is 34.2 Å². The summed E-state index contributed by atoms with van der Waals surface area (Å²) >= 11 is 0. The summed E-state index contributed by atoms with van der Waals surface area (Å²) in [4.78, 5) is 40.5. The fourth-order valence-electron chi connectivity index (χ4n) is 2.57. The van der Waals surface area contributed by atoms with Crippen LogP contribution >= 0.6 is 0 Å². The highest BCUT2D eigenvalue weighted by atomic mass is 16.2. The van der Waals surface area contributed by atoms with Crippen molar-refractivity contribution in [1.82, 2.24) is 20.0 Å². The standard InChI is InChI=1S/C16H18N6O3/c1-3-22-15(25)10-6-4-5-7-11(10)17-16(22)19-18-14(24)12-8-9-13(23)21(2)20-12/h4-7H,3,8-9H2,1-2H3,(H,17,19)(H,18,24). The Morgan fingerprint density at radius 1 is 1.24 bits per heavy atom. The lowest BCUT2D eigenvalue weighted by Gasteiger charge is -2.19. The number of hydrazone groups is 1. The lowest BCUT2D eigenvalue weighted by atomic mass is 10.1. The van der Waals surface area contributed by atoms with Crippen molar-refractivity contribution in [3.8, 4) is 0 Å². The molecule has 0 fully saturated rings. The number of para-hydroxylation sites is 1. The molecule has 2 N–H and O–H groups in total. The molecule has 2 aromatic rings. The molecule has 0 saturated heterocycles. The number of fused-ring (bicyclic) bond motifs is 1. The van der Waals surface area contributed by atoms with E-state index in [1.807, 2.05) is 6.92 Å². The van der Waals surface area contributed by atoms with Gasteiger partial charge in [-0.15, -0.1) is 0 Å². The number of carbonyl (C=O) groups excluding carboxylic acids is 2. The van der Waals surface area contributed by atoms with Crippen LogP contribution in [0.2, 0.25) is 0 Å². The maximum Gasteiger partial charge on any atom is 0.285 e. The van der Waals surface area contributed by atoms with E-state index in [0.717, 1.165) is 5.01 Å². The van der Waals surface area contributed by atoms with Crippen molar-refractivity contribution in [2.75, 3.05) is 12.5 Å². The van der Waals surface area contributed by atoms with Crippen molar-refractivity contribution in [2.45, 2.75) is 26.3 Å². The molecule has 0 radical (unpaired) electrons. The van der Waals surface area contributed by atoms with Gasteiger partial charge in [0.15, 0.2) is 0 Å². The SMILES string of the molecule is CCn1c(NNC(=O)C2=NN(C)C(=O)CC2)nc2ccccc2c1=O. The molecule has 1 aliphatic heterocycles. The number of aromatic nitrogens is 2. The molecule has 1 aliphatic rings. The number of carbonyl (C=O) groups is 2. The third-order valence-corrected chi connectivity index (χ3v) is 3.94. The maximum absolute atomic E-state index is 12.5. The summed E-state index contributed by atoms with van der Waals surface area (Å²) in [5.41, 5.74) is 5.76. The Hall–Kier alpha value is -3.23. The fraction of sp³-hybridized carbons (Fsp3) is 0.312. The van der Waals surface area contributed by atoms with Gasteiger partial charge < -0.3 is 0 Å². The molecule has 25 heavy (non-hydrogen) atoms. The van der Waals surface area contributed by atoms with Gasteiger partial charge in [0, 0.05) is 26.4 Å². The van der Waals surface area contributed by atoms with Gasteiger partial charge in [0.05, 0.1) is 10.9 Å². The van der Waals surface area contributed by atoms with Crippen LogP contribution in [-0.2, 0) is 16.1 Å². The second-order valence-corrected chi connectivity index (χ2v) is 5.55. The molecule has 0 atom stereocenters. The van der Waals surface area contributed by atoms with Crippen molar-refractivity contribution in [3.05, 3.63) is 34.6 Å². The third-order valence-electron chi connectivity index (χ3n) is 3.94. The van der Waals surface area contributed by atoms with Crippen molar-refractivity contribution in [2.24, 2.45) is 5.10 Å². The van der Waals surface area contributed by atoms with Gasteiger partial charge in [0.25, 0.3) is 11.5 Å². The molecule has 0 bridgehead atoms. The van der Waals surface area contributed by atoms with Crippen LogP contribution in [0.5, 0.6) is 0 Å². The summed E-state index contributed by atoms with van der Waals surface area (Å²) in [6.07, 6.45) is 0.499. The van der Waals surface area contributed by atoms with Gasteiger partial charge in [-0.25, -0.2) is 9.99 Å². The second kappa shape index (κ2) is 6.71. The summed E-state index contributed by atoms with van der Waals surface area (Å²) in [5, 5.41) is 5.60. The van der Waals surface area contributed by atoms with Crippen molar-refractivity contribution in [1.29, 1.82) is 0 Å². The van der Waals surface area contributed by atoms with Crippen molar-refractivity contribution < 1.29 is 9.59 Å². The largest absolute Gasteiger partial charge is 0.285 e. The quantitative estimate of drug-likeness (QED) is 0.785. The number of nitrogens with one attached hydrogen (secondary N) is 2. The zero-order valence-electron chi connectivity index (χ0n) is 13.9. The highest BCUT2D eigenvalue weighted by Gasteiger charge is 2.22. The van der Waals surface area contributed by atoms with Crippen LogP contribution in [0, 0.1) is 0 Å². The Labute approximate surface area is 143 Å². The zero-order valence-corrected chi connectivity index (χ0v) is 13.9. The molecule has 2 heterocycles. The summed E-state index contributed by atoms with van der Waals surface area (Å²) in [7, 11) is 1.50. The topological polar surface area (TPSA) is 109 Å². The minimum absolute atomic E-state index is 0.138. The summed E-state index contributed by atoms with van der Waals surface area (Å²) in [6.45, 7) is 2.21. The number of amides is 2. The van der Waals surface area contributed by atoms with Crippen LogP contribution < -0.4 is 16.4 Å². The van der Waals surface area contributed by atoms with Crippen LogP contribution in [0.1, 0.15) is 19.8 Å². The van der Waals surface area contributed by atoms with Crippen LogP contribution in [0.4, 0.5) is 5.95 Å². The monoisotopic (exact) mass is 342 g/mol. The Kier molecular flexibility index (Phi) is 4.46. The first kappa shape index (κ1) is 16.6. The van der Waals surface area contributed by atoms with Crippen molar-refractivity contribution in [3.63, 3.8) is 0 Å². The van der Waals surface area contributed by atoms with E-state index in [4.69, 9.17) is 0 Å². The van der Waals surface area contributed by atoms with Gasteiger partial charge in [0.2, 0.25) is 11.9 Å². The lowest BCUT2D eigenvalue weighted by molar-refractivity contribution is -0.130. The second-order valence-electron chi connectivity index (χ2n) is 5.55. The van der Waals surface area contributed by atoms with Crippen LogP contribution in [0.3, 0.4) is 0 Å². The zero-order chi connectivity index (χ0) is 18.0. The normalized spacial score (nSPS) is 14.4. The summed E-state index contributed by atoms with van der Waals surface area (Å²) in [6, 6.07) is 7.01. The number of hydrogen-bond acceptors (Lipinski definition) is 6. The van der Waals surface area contributed by atoms with Crippen LogP contribution in [0.25, 0.3) is 10.9 Å². The molecule has 2 amide bonds. The molecule has 0 saturated carbocycles. The molecule has 1 aromatic carbocycles. The molecule has 0 aliphatic carbocycles. The van der Waals surface area contributed by atoms with E-state index in [2.05, 4.69) is 20.9 Å². The Morgan fingerprint density at radius 2 is 2.00 bits per heavy atom. The first-order chi connectivity index (χ1) is 12.0. The maximum atomic E-state index is 12.5. The van der Waals surface area contributed by atoms with E-state index in [-0.39, 0.29) is 36.0 Å². The van der Waals surface area contributed by atoms with Gasteiger partial charge in [0.1, 0.15) is 5.71 Å². The first-order valence-electron chi connectivity index (χ1n) is 7.91. The Morgan fingerprint density at radius 3 is 2.72 bits per heavy atom. The molecular weight excluding hydrogens is 324 g/mol. The Balaban J connectivity index is 1.84. The molecule has 130 valence electrons. The average Bonchev–Trinajstić information content (AvgIpc) is 2.62. The fourth-order valence-corrected chi connectivity index (χ4v) is 2.57. The van der Waals surface area contributed by atoms with Gasteiger partial charge in [-0.05, 0) is 19.1 Å². The predicted octanol–water partition coefficient (Wildman–Crippen LogP) is 0.468. The first-order valence-corrected chi connectivity index (χ1v) is 7.91. The van der Waals surface area contributed by atoms with E-state index >= 15 is 0 Å². The summed E-state index contributed by atoms with van der Waals surface area (Å²) in [5.74, 6) is -0.370. The van der Waals surface area contributed by atoms with E-state index in [1.165, 1.54) is 11.6 Å². The number of benzene rings is 1.